The first-order valence-corrected chi connectivity index (χ1v) is 5.91. The zero-order valence-electron chi connectivity index (χ0n) is 8.83. The van der Waals surface area contributed by atoms with Crippen molar-refractivity contribution in [3.63, 3.8) is 0 Å². The van der Waals surface area contributed by atoms with Crippen molar-refractivity contribution in [1.29, 1.82) is 5.41 Å². The number of benzene rings is 1. The quantitative estimate of drug-likeness (QED) is 0.559. The maximum Gasteiger partial charge on any atom is 0.193 e. The third-order valence-corrected chi connectivity index (χ3v) is 2.98. The van der Waals surface area contributed by atoms with E-state index < -0.39 is 0 Å². The molecular weight excluding hydrogens is 244 g/mol. The lowest BCUT2D eigenvalue weighted by atomic mass is 10.2. The number of hydrogen-bond donors (Lipinski definition) is 3. The molecule has 4 nitrogen and oxygen atoms in total. The molecule has 0 saturated carbocycles. The van der Waals surface area contributed by atoms with Gasteiger partial charge in [0.2, 0.25) is 0 Å². The molecule has 0 aliphatic heterocycles. The lowest BCUT2D eigenvalue weighted by molar-refractivity contribution is 1.37. The number of aryl methyl sites for hydroxylation is 1. The van der Waals surface area contributed by atoms with E-state index in [0.29, 0.717) is 10.8 Å². The first kappa shape index (κ1) is 12.9. The van der Waals surface area contributed by atoms with Gasteiger partial charge in [0.15, 0.2) is 11.1 Å². The Balaban J connectivity index is 2.62. The highest BCUT2D eigenvalue weighted by atomic mass is 35.5. The summed E-state index contributed by atoms with van der Waals surface area (Å²) in [4.78, 5) is 3.62. The number of halogens is 1. The van der Waals surface area contributed by atoms with E-state index in [4.69, 9.17) is 28.5 Å². The molecule has 0 aromatic heterocycles. The van der Waals surface area contributed by atoms with Crippen LogP contribution < -0.4 is 11.5 Å². The van der Waals surface area contributed by atoms with Crippen molar-refractivity contribution in [2.75, 3.05) is 0 Å². The van der Waals surface area contributed by atoms with E-state index >= 15 is 0 Å². The first-order chi connectivity index (χ1) is 7.49. The zero-order valence-corrected chi connectivity index (χ0v) is 10.4. The van der Waals surface area contributed by atoms with Crippen molar-refractivity contribution in [2.24, 2.45) is 16.5 Å². The van der Waals surface area contributed by atoms with Gasteiger partial charge >= 0.3 is 0 Å². The molecule has 0 atom stereocenters. The van der Waals surface area contributed by atoms with Crippen LogP contribution in [-0.2, 0) is 5.75 Å². The lowest BCUT2D eigenvalue weighted by Crippen LogP contribution is -2.23. The minimum absolute atomic E-state index is 0.0802. The highest BCUT2D eigenvalue weighted by Crippen LogP contribution is 2.22. The van der Waals surface area contributed by atoms with Crippen LogP contribution in [0.3, 0.4) is 0 Å². The van der Waals surface area contributed by atoms with Crippen LogP contribution in [0.2, 0.25) is 5.02 Å². The summed E-state index contributed by atoms with van der Waals surface area (Å²) in [6.45, 7) is 1.98. The van der Waals surface area contributed by atoms with E-state index in [1.807, 2.05) is 25.1 Å². The van der Waals surface area contributed by atoms with Crippen LogP contribution in [-0.4, -0.2) is 11.1 Å². The number of nitrogens with zero attached hydrogens (tertiary/aromatic N) is 1. The van der Waals surface area contributed by atoms with Gasteiger partial charge in [-0.3, -0.25) is 5.41 Å². The van der Waals surface area contributed by atoms with Crippen molar-refractivity contribution in [3.8, 4) is 0 Å². The van der Waals surface area contributed by atoms with Crippen molar-refractivity contribution in [2.45, 2.75) is 12.7 Å². The minimum Gasteiger partial charge on any atom is -0.370 e. The van der Waals surface area contributed by atoms with Crippen LogP contribution in [0, 0.1) is 12.3 Å². The molecular formula is C10H13ClN4S. The van der Waals surface area contributed by atoms with Crippen LogP contribution in [0.15, 0.2) is 23.2 Å². The maximum absolute atomic E-state index is 7.45. The molecule has 1 aromatic rings. The first-order valence-electron chi connectivity index (χ1n) is 4.55. The van der Waals surface area contributed by atoms with Gasteiger partial charge < -0.3 is 11.5 Å². The van der Waals surface area contributed by atoms with Gasteiger partial charge in [-0.1, -0.05) is 35.5 Å². The largest absolute Gasteiger partial charge is 0.370 e. The SMILES string of the molecule is Cc1ccc(CSC(=N)N=C(N)N)c(Cl)c1. The number of thioether (sulfide) groups is 1. The van der Waals surface area contributed by atoms with Gasteiger partial charge in [0.25, 0.3) is 0 Å². The number of nitrogens with one attached hydrogen (secondary N) is 1. The molecule has 0 radical (unpaired) electrons. The summed E-state index contributed by atoms with van der Waals surface area (Å²) in [5.41, 5.74) is 12.4. The third kappa shape index (κ3) is 4.12. The summed E-state index contributed by atoms with van der Waals surface area (Å²) in [5.74, 6) is 0.474. The molecule has 0 spiro atoms. The van der Waals surface area contributed by atoms with Gasteiger partial charge in [-0.15, -0.1) is 0 Å². The highest BCUT2D eigenvalue weighted by Gasteiger charge is 2.03. The smallest absolute Gasteiger partial charge is 0.193 e. The molecule has 0 heterocycles. The molecule has 0 fully saturated rings. The standard InChI is InChI=1S/C10H13ClN4S/c1-6-2-3-7(8(11)4-6)5-16-10(14)15-9(12)13/h2-4H,5H2,1H3,(H5,12,13,14,15). The van der Waals surface area contributed by atoms with Crippen LogP contribution in [0.4, 0.5) is 0 Å². The molecule has 86 valence electrons. The summed E-state index contributed by atoms with van der Waals surface area (Å²) in [7, 11) is 0. The van der Waals surface area contributed by atoms with Crippen molar-refractivity contribution in [1.82, 2.24) is 0 Å². The predicted octanol–water partition coefficient (Wildman–Crippen LogP) is 2.09. The van der Waals surface area contributed by atoms with Gasteiger partial charge in [-0.05, 0) is 24.1 Å². The Morgan fingerprint density at radius 2 is 2.19 bits per heavy atom. The van der Waals surface area contributed by atoms with Crippen LogP contribution in [0.5, 0.6) is 0 Å². The molecule has 1 aromatic carbocycles. The highest BCUT2D eigenvalue weighted by molar-refractivity contribution is 8.13. The molecule has 0 amide bonds. The molecule has 0 aliphatic carbocycles. The number of hydrogen-bond acceptors (Lipinski definition) is 2. The van der Waals surface area contributed by atoms with Gasteiger partial charge in [0.05, 0.1) is 0 Å². The number of guanidine groups is 1. The fourth-order valence-corrected chi connectivity index (χ4v) is 2.16. The van der Waals surface area contributed by atoms with Crippen molar-refractivity contribution in [3.05, 3.63) is 34.3 Å². The lowest BCUT2D eigenvalue weighted by Gasteiger charge is -2.04. The molecule has 5 N–H and O–H groups in total. The van der Waals surface area contributed by atoms with Crippen LogP contribution >= 0.6 is 23.4 Å². The fraction of sp³-hybridized carbons (Fsp3) is 0.200. The monoisotopic (exact) mass is 256 g/mol. The van der Waals surface area contributed by atoms with E-state index in [1.54, 1.807) is 0 Å². The summed E-state index contributed by atoms with van der Waals surface area (Å²) in [6, 6.07) is 5.81. The van der Waals surface area contributed by atoms with Crippen molar-refractivity contribution < 1.29 is 0 Å². The third-order valence-electron chi connectivity index (χ3n) is 1.80. The van der Waals surface area contributed by atoms with Gasteiger partial charge in [-0.2, -0.15) is 4.99 Å². The molecule has 1 rings (SSSR count). The number of amidine groups is 1. The summed E-state index contributed by atoms with van der Waals surface area (Å²) in [5, 5.41) is 8.23. The topological polar surface area (TPSA) is 88.2 Å². The zero-order chi connectivity index (χ0) is 12.1. The Morgan fingerprint density at radius 1 is 1.50 bits per heavy atom. The predicted molar refractivity (Wildman–Crippen MR) is 71.0 cm³/mol. The second-order valence-corrected chi connectivity index (χ2v) is 4.60. The summed E-state index contributed by atoms with van der Waals surface area (Å²) < 4.78 is 0. The van der Waals surface area contributed by atoms with E-state index in [9.17, 15) is 0 Å². The summed E-state index contributed by atoms with van der Waals surface area (Å²) in [6.07, 6.45) is 0. The minimum atomic E-state index is -0.104. The Bertz CT molecular complexity index is 427. The maximum atomic E-state index is 7.45. The second kappa shape index (κ2) is 5.77. The molecule has 0 aliphatic rings. The molecule has 0 saturated heterocycles. The number of rotatable bonds is 2. The fourth-order valence-electron chi connectivity index (χ4n) is 1.07. The van der Waals surface area contributed by atoms with Gasteiger partial charge in [0, 0.05) is 10.8 Å². The number of nitrogens with two attached hydrogens (primary N) is 2. The van der Waals surface area contributed by atoms with Crippen molar-refractivity contribution >= 4 is 34.5 Å². The van der Waals surface area contributed by atoms with E-state index in [1.165, 1.54) is 11.8 Å². The Hall–Kier alpha value is -1.20. The van der Waals surface area contributed by atoms with E-state index in [0.717, 1.165) is 11.1 Å². The Kier molecular flexibility index (Phi) is 4.64. The average Bonchev–Trinajstić information content (AvgIpc) is 2.15. The average molecular weight is 257 g/mol. The summed E-state index contributed by atoms with van der Waals surface area (Å²) >= 11 is 7.28. The van der Waals surface area contributed by atoms with Gasteiger partial charge in [-0.25, -0.2) is 0 Å². The van der Waals surface area contributed by atoms with Crippen LogP contribution in [0.25, 0.3) is 0 Å². The molecule has 16 heavy (non-hydrogen) atoms. The Labute approximate surface area is 104 Å². The number of aliphatic imine (C=N–C) groups is 1. The molecule has 0 unspecified atom stereocenters. The normalized spacial score (nSPS) is 9.88. The molecule has 0 bridgehead atoms. The van der Waals surface area contributed by atoms with E-state index in [-0.39, 0.29) is 11.1 Å². The second-order valence-electron chi connectivity index (χ2n) is 3.23. The van der Waals surface area contributed by atoms with E-state index in [2.05, 4.69) is 4.99 Å². The Morgan fingerprint density at radius 3 is 2.75 bits per heavy atom. The molecule has 6 heteroatoms. The van der Waals surface area contributed by atoms with Crippen LogP contribution in [0.1, 0.15) is 11.1 Å². The van der Waals surface area contributed by atoms with Gasteiger partial charge in [0.1, 0.15) is 0 Å².